The van der Waals surface area contributed by atoms with Crippen molar-refractivity contribution in [3.63, 3.8) is 0 Å². The van der Waals surface area contributed by atoms with E-state index in [1.165, 1.54) is 0 Å². The Labute approximate surface area is 74.5 Å². The second-order valence-electron chi connectivity index (χ2n) is 3.18. The quantitative estimate of drug-likeness (QED) is 0.558. The first-order chi connectivity index (χ1) is 5.50. The van der Waals surface area contributed by atoms with E-state index in [1.807, 2.05) is 26.8 Å². The third-order valence-corrected chi connectivity index (χ3v) is 1.74. The van der Waals surface area contributed by atoms with Crippen LogP contribution in [0.1, 0.15) is 27.7 Å². The highest BCUT2D eigenvalue weighted by molar-refractivity contribution is 5.33. The highest BCUT2D eigenvalue weighted by atomic mass is 19.1. The van der Waals surface area contributed by atoms with Gasteiger partial charge in [-0.25, -0.2) is 4.39 Å². The standard InChI is InChI=1S/C11H17F/c1-6-7-9(4)11(12)10(5)8(2)3/h6-8H,5H2,1-4H3/b7-6-,11-9+. The molecule has 1 heteroatoms. The molecule has 68 valence electrons. The molecule has 0 aromatic carbocycles. The molecule has 0 aliphatic rings. The minimum Gasteiger partial charge on any atom is -0.206 e. The molecule has 0 fully saturated rings. The van der Waals surface area contributed by atoms with E-state index < -0.39 is 0 Å². The van der Waals surface area contributed by atoms with Gasteiger partial charge in [0.1, 0.15) is 5.83 Å². The van der Waals surface area contributed by atoms with Gasteiger partial charge in [-0.2, -0.15) is 0 Å². The Morgan fingerprint density at radius 2 is 1.92 bits per heavy atom. The summed E-state index contributed by atoms with van der Waals surface area (Å²) in [5.74, 6) is -0.00620. The number of allylic oxidation sites excluding steroid dienone is 5. The van der Waals surface area contributed by atoms with E-state index in [4.69, 9.17) is 0 Å². The molecule has 0 saturated carbocycles. The van der Waals surface area contributed by atoms with Gasteiger partial charge in [0.15, 0.2) is 0 Å². The molecule has 12 heavy (non-hydrogen) atoms. The van der Waals surface area contributed by atoms with E-state index >= 15 is 0 Å². The van der Waals surface area contributed by atoms with Crippen LogP contribution in [0.5, 0.6) is 0 Å². The van der Waals surface area contributed by atoms with Crippen LogP contribution in [-0.4, -0.2) is 0 Å². The molecular weight excluding hydrogens is 151 g/mol. The maximum absolute atomic E-state index is 13.4. The van der Waals surface area contributed by atoms with Gasteiger partial charge in [-0.15, -0.1) is 0 Å². The molecule has 0 aromatic rings. The lowest BCUT2D eigenvalue weighted by molar-refractivity contribution is 0.603. The lowest BCUT2D eigenvalue weighted by atomic mass is 10.0. The topological polar surface area (TPSA) is 0 Å². The molecule has 0 unspecified atom stereocenters. The van der Waals surface area contributed by atoms with Crippen LogP contribution in [0.4, 0.5) is 4.39 Å². The van der Waals surface area contributed by atoms with Crippen molar-refractivity contribution < 1.29 is 4.39 Å². The molecule has 0 aromatic heterocycles. The third-order valence-electron chi connectivity index (χ3n) is 1.74. The van der Waals surface area contributed by atoms with Crippen LogP contribution in [-0.2, 0) is 0 Å². The molecule has 0 heterocycles. The van der Waals surface area contributed by atoms with Gasteiger partial charge >= 0.3 is 0 Å². The van der Waals surface area contributed by atoms with Crippen LogP contribution in [0.25, 0.3) is 0 Å². The van der Waals surface area contributed by atoms with Gasteiger partial charge in [-0.3, -0.25) is 0 Å². The van der Waals surface area contributed by atoms with E-state index in [0.717, 1.165) is 0 Å². The Morgan fingerprint density at radius 3 is 2.25 bits per heavy atom. The zero-order valence-corrected chi connectivity index (χ0v) is 8.32. The van der Waals surface area contributed by atoms with Crippen molar-refractivity contribution in [2.45, 2.75) is 27.7 Å². The first-order valence-corrected chi connectivity index (χ1v) is 4.19. The Morgan fingerprint density at radius 1 is 1.42 bits per heavy atom. The van der Waals surface area contributed by atoms with Gasteiger partial charge in [-0.1, -0.05) is 32.6 Å². The van der Waals surface area contributed by atoms with Crippen molar-refractivity contribution in [3.8, 4) is 0 Å². The normalized spacial score (nSPS) is 13.8. The Hall–Kier alpha value is -0.850. The van der Waals surface area contributed by atoms with Crippen molar-refractivity contribution >= 4 is 0 Å². The van der Waals surface area contributed by atoms with E-state index in [-0.39, 0.29) is 11.7 Å². The molecular formula is C11H17F. The summed E-state index contributed by atoms with van der Waals surface area (Å²) in [6.45, 7) is 11.2. The fraction of sp³-hybridized carbons (Fsp3) is 0.455. The monoisotopic (exact) mass is 168 g/mol. The van der Waals surface area contributed by atoms with Gasteiger partial charge in [0.25, 0.3) is 0 Å². The summed E-state index contributed by atoms with van der Waals surface area (Å²) in [5, 5.41) is 0. The van der Waals surface area contributed by atoms with Gasteiger partial charge < -0.3 is 0 Å². The molecule has 0 aliphatic heterocycles. The lowest BCUT2D eigenvalue weighted by Crippen LogP contribution is -1.94. The fourth-order valence-electron chi connectivity index (χ4n) is 0.830. The molecule has 0 N–H and O–H groups in total. The van der Waals surface area contributed by atoms with Crippen molar-refractivity contribution in [2.24, 2.45) is 5.92 Å². The average molecular weight is 168 g/mol. The molecule has 0 amide bonds. The maximum Gasteiger partial charge on any atom is 0.128 e. The minimum absolute atomic E-state index is 0.171. The summed E-state index contributed by atoms with van der Waals surface area (Å²) in [7, 11) is 0. The molecule has 0 atom stereocenters. The second-order valence-corrected chi connectivity index (χ2v) is 3.18. The molecule has 0 saturated heterocycles. The van der Waals surface area contributed by atoms with Crippen LogP contribution in [0.15, 0.2) is 35.7 Å². The zero-order chi connectivity index (χ0) is 9.72. The van der Waals surface area contributed by atoms with Crippen molar-refractivity contribution in [1.82, 2.24) is 0 Å². The summed E-state index contributed by atoms with van der Waals surface area (Å²) in [6.07, 6.45) is 3.57. The van der Waals surface area contributed by atoms with E-state index in [9.17, 15) is 4.39 Å². The van der Waals surface area contributed by atoms with Crippen LogP contribution >= 0.6 is 0 Å². The lowest BCUT2D eigenvalue weighted by Gasteiger charge is -2.07. The van der Waals surface area contributed by atoms with Gasteiger partial charge in [0, 0.05) is 0 Å². The molecule has 0 nitrogen and oxygen atoms in total. The first-order valence-electron chi connectivity index (χ1n) is 4.19. The van der Waals surface area contributed by atoms with E-state index in [0.29, 0.717) is 11.1 Å². The summed E-state index contributed by atoms with van der Waals surface area (Å²) >= 11 is 0. The van der Waals surface area contributed by atoms with Crippen LogP contribution in [0.3, 0.4) is 0 Å². The molecule has 0 spiro atoms. The Balaban J connectivity index is 4.66. The van der Waals surface area contributed by atoms with Crippen molar-refractivity contribution in [3.05, 3.63) is 35.7 Å². The number of hydrogen-bond acceptors (Lipinski definition) is 0. The Kier molecular flexibility index (Phi) is 4.57. The number of halogens is 1. The fourth-order valence-corrected chi connectivity index (χ4v) is 0.830. The maximum atomic E-state index is 13.4. The number of rotatable bonds is 3. The van der Waals surface area contributed by atoms with Crippen LogP contribution in [0, 0.1) is 5.92 Å². The van der Waals surface area contributed by atoms with Crippen LogP contribution < -0.4 is 0 Å². The minimum atomic E-state index is -0.178. The van der Waals surface area contributed by atoms with E-state index in [2.05, 4.69) is 6.58 Å². The zero-order valence-electron chi connectivity index (χ0n) is 8.32. The van der Waals surface area contributed by atoms with Crippen molar-refractivity contribution in [2.75, 3.05) is 0 Å². The van der Waals surface area contributed by atoms with Gasteiger partial charge in [0.2, 0.25) is 0 Å². The van der Waals surface area contributed by atoms with Gasteiger partial charge in [0.05, 0.1) is 0 Å². The molecule has 0 bridgehead atoms. The number of hydrogen-bond donors (Lipinski definition) is 0. The summed E-state index contributed by atoms with van der Waals surface area (Å²) < 4.78 is 13.4. The largest absolute Gasteiger partial charge is 0.206 e. The van der Waals surface area contributed by atoms with Gasteiger partial charge in [-0.05, 0) is 30.9 Å². The smallest absolute Gasteiger partial charge is 0.128 e. The Bertz CT molecular complexity index is 219. The summed E-state index contributed by atoms with van der Waals surface area (Å²) in [5.41, 5.74) is 1.22. The molecule has 0 rings (SSSR count). The van der Waals surface area contributed by atoms with E-state index in [1.54, 1.807) is 13.0 Å². The summed E-state index contributed by atoms with van der Waals surface area (Å²) in [6, 6.07) is 0. The molecule has 0 aliphatic carbocycles. The second kappa shape index (κ2) is 4.91. The van der Waals surface area contributed by atoms with Crippen LogP contribution in [0.2, 0.25) is 0 Å². The first kappa shape index (κ1) is 11.2. The predicted molar refractivity (Wildman–Crippen MR) is 52.6 cm³/mol. The SMILES string of the molecule is C=C(/C(F)=C(C)\C=C/C)C(C)C. The average Bonchev–Trinajstić information content (AvgIpc) is 2.02. The highest BCUT2D eigenvalue weighted by Gasteiger charge is 2.07. The van der Waals surface area contributed by atoms with Crippen molar-refractivity contribution in [1.29, 1.82) is 0 Å². The molecule has 0 radical (unpaired) electrons. The highest BCUT2D eigenvalue weighted by Crippen LogP contribution is 2.22. The predicted octanol–water partition coefficient (Wildman–Crippen LogP) is 4.02. The summed E-state index contributed by atoms with van der Waals surface area (Å²) in [4.78, 5) is 0. The third kappa shape index (κ3) is 3.04.